The molecule has 0 aromatic heterocycles. The van der Waals surface area contributed by atoms with E-state index in [0.29, 0.717) is 34.5 Å². The van der Waals surface area contributed by atoms with Crippen molar-refractivity contribution in [1.29, 1.82) is 0 Å². The van der Waals surface area contributed by atoms with Crippen molar-refractivity contribution in [3.05, 3.63) is 93.0 Å². The predicted octanol–water partition coefficient (Wildman–Crippen LogP) is 5.52. The maximum absolute atomic E-state index is 13.5. The molecule has 1 atom stereocenters. The summed E-state index contributed by atoms with van der Waals surface area (Å²) in [5.41, 5.74) is 2.43. The van der Waals surface area contributed by atoms with Crippen molar-refractivity contribution >= 4 is 74.7 Å². The molecule has 3 aromatic carbocycles. The number of anilines is 2. The van der Waals surface area contributed by atoms with Gasteiger partial charge in [0.1, 0.15) is 6.04 Å². The number of hydrogen-bond donors (Lipinski definition) is 1. The van der Waals surface area contributed by atoms with Crippen LogP contribution in [0.5, 0.6) is 0 Å². The fraction of sp³-hybridized carbons (Fsp3) is 0.160. The second-order valence-corrected chi connectivity index (χ2v) is 9.69. The van der Waals surface area contributed by atoms with Crippen molar-refractivity contribution < 1.29 is 9.59 Å². The number of nitrogens with one attached hydrogen (secondary N) is 1. The van der Waals surface area contributed by atoms with Gasteiger partial charge in [-0.2, -0.15) is 0 Å². The van der Waals surface area contributed by atoms with Gasteiger partial charge in [-0.1, -0.05) is 48.0 Å². The van der Waals surface area contributed by atoms with E-state index in [1.807, 2.05) is 59.5 Å². The quantitative estimate of drug-likeness (QED) is 0.291. The van der Waals surface area contributed by atoms with Crippen molar-refractivity contribution in [3.63, 3.8) is 0 Å². The molecule has 8 heteroatoms. The molecule has 3 aromatic rings. The second-order valence-electron chi connectivity index (χ2n) is 7.64. The minimum Gasteiger partial charge on any atom is -0.336 e. The molecule has 0 aliphatic carbocycles. The molecular weight excluding hydrogens is 569 g/mol. The van der Waals surface area contributed by atoms with Crippen LogP contribution in [0.25, 0.3) is 0 Å². The van der Waals surface area contributed by atoms with Gasteiger partial charge in [0, 0.05) is 20.8 Å². The van der Waals surface area contributed by atoms with Gasteiger partial charge in [0.15, 0.2) is 5.11 Å². The van der Waals surface area contributed by atoms with Crippen LogP contribution in [-0.2, 0) is 16.0 Å². The van der Waals surface area contributed by atoms with Crippen LogP contribution in [0, 0.1) is 3.57 Å². The molecule has 1 fully saturated rings. The lowest BCUT2D eigenvalue weighted by atomic mass is 10.1. The molecule has 2 amide bonds. The standard InChI is InChI=1S/C25H21ClIN3O2S/c26-18-7-4-8-21(15-18)30-24(32)22(16-23(31)28-20-11-9-19(27)10-12-20)29(25(30)33)14-13-17-5-2-1-3-6-17/h1-12,15,22H,13-14,16H2,(H,28,31). The zero-order chi connectivity index (χ0) is 23.4. The third-order valence-electron chi connectivity index (χ3n) is 5.38. The Morgan fingerprint density at radius 1 is 1.03 bits per heavy atom. The largest absolute Gasteiger partial charge is 0.336 e. The van der Waals surface area contributed by atoms with Crippen LogP contribution in [0.3, 0.4) is 0 Å². The lowest BCUT2D eigenvalue weighted by molar-refractivity contribution is -0.124. The van der Waals surface area contributed by atoms with E-state index in [2.05, 4.69) is 27.9 Å². The number of amides is 2. The SMILES string of the molecule is O=C(CC1C(=O)N(c2cccc(Cl)c2)C(=S)N1CCc1ccccc1)Nc1ccc(I)cc1. The van der Waals surface area contributed by atoms with Crippen LogP contribution in [-0.4, -0.2) is 34.4 Å². The van der Waals surface area contributed by atoms with Gasteiger partial charge >= 0.3 is 0 Å². The summed E-state index contributed by atoms with van der Waals surface area (Å²) in [5.74, 6) is -0.469. The van der Waals surface area contributed by atoms with Crippen LogP contribution in [0.4, 0.5) is 11.4 Å². The summed E-state index contributed by atoms with van der Waals surface area (Å²) in [7, 11) is 0. The molecule has 1 saturated heterocycles. The van der Waals surface area contributed by atoms with Gasteiger partial charge in [0.05, 0.1) is 12.1 Å². The molecule has 1 N–H and O–H groups in total. The number of carbonyl (C=O) groups excluding carboxylic acids is 2. The van der Waals surface area contributed by atoms with Crippen molar-refractivity contribution in [2.24, 2.45) is 0 Å². The third kappa shape index (κ3) is 5.72. The summed E-state index contributed by atoms with van der Waals surface area (Å²) < 4.78 is 1.08. The average molecular weight is 590 g/mol. The first-order valence-corrected chi connectivity index (χ1v) is 12.3. The molecule has 5 nitrogen and oxygen atoms in total. The molecule has 4 rings (SSSR count). The third-order valence-corrected chi connectivity index (χ3v) is 6.75. The Kier molecular flexibility index (Phi) is 7.62. The fourth-order valence-corrected chi connectivity index (χ4v) is 4.71. The van der Waals surface area contributed by atoms with Crippen molar-refractivity contribution in [2.45, 2.75) is 18.9 Å². The molecule has 1 heterocycles. The maximum atomic E-state index is 13.5. The minimum atomic E-state index is -0.691. The summed E-state index contributed by atoms with van der Waals surface area (Å²) in [6.45, 7) is 0.521. The highest BCUT2D eigenvalue weighted by atomic mass is 127. The molecule has 33 heavy (non-hydrogen) atoms. The summed E-state index contributed by atoms with van der Waals surface area (Å²) in [4.78, 5) is 29.6. The Labute approximate surface area is 216 Å². The Morgan fingerprint density at radius 2 is 1.76 bits per heavy atom. The van der Waals surface area contributed by atoms with E-state index in [0.717, 1.165) is 9.13 Å². The van der Waals surface area contributed by atoms with Crippen LogP contribution in [0.15, 0.2) is 78.9 Å². The van der Waals surface area contributed by atoms with Gasteiger partial charge in [0.25, 0.3) is 5.91 Å². The van der Waals surface area contributed by atoms with E-state index in [4.69, 9.17) is 23.8 Å². The summed E-state index contributed by atoms with van der Waals surface area (Å²) in [6.07, 6.45) is 0.698. The summed E-state index contributed by atoms with van der Waals surface area (Å²) in [5, 5.41) is 3.78. The van der Waals surface area contributed by atoms with Gasteiger partial charge in [0.2, 0.25) is 5.91 Å². The number of thiocarbonyl (C=S) groups is 1. The van der Waals surface area contributed by atoms with Gasteiger partial charge in [-0.3, -0.25) is 14.5 Å². The number of rotatable bonds is 7. The van der Waals surface area contributed by atoms with Crippen LogP contribution in [0.1, 0.15) is 12.0 Å². The molecule has 0 saturated carbocycles. The molecular formula is C25H21ClIN3O2S. The van der Waals surface area contributed by atoms with Gasteiger partial charge < -0.3 is 10.2 Å². The monoisotopic (exact) mass is 589 g/mol. The minimum absolute atomic E-state index is 0.00316. The Bertz CT molecular complexity index is 1170. The predicted molar refractivity (Wildman–Crippen MR) is 145 cm³/mol. The van der Waals surface area contributed by atoms with Gasteiger partial charge in [-0.05, 0) is 89.3 Å². The molecule has 0 bridgehead atoms. The van der Waals surface area contributed by atoms with E-state index in [-0.39, 0.29) is 18.2 Å². The van der Waals surface area contributed by atoms with Gasteiger partial charge in [-0.15, -0.1) is 0 Å². The zero-order valence-electron chi connectivity index (χ0n) is 17.6. The average Bonchev–Trinajstić information content (AvgIpc) is 3.03. The Balaban J connectivity index is 1.56. The highest BCUT2D eigenvalue weighted by Crippen LogP contribution is 2.29. The van der Waals surface area contributed by atoms with Crippen molar-refractivity contribution in [2.75, 3.05) is 16.8 Å². The van der Waals surface area contributed by atoms with Crippen LogP contribution >= 0.6 is 46.4 Å². The fourth-order valence-electron chi connectivity index (χ4n) is 3.76. The first-order valence-electron chi connectivity index (χ1n) is 10.4. The molecule has 1 aliphatic rings. The van der Waals surface area contributed by atoms with Crippen LogP contribution in [0.2, 0.25) is 5.02 Å². The van der Waals surface area contributed by atoms with Crippen LogP contribution < -0.4 is 10.2 Å². The Morgan fingerprint density at radius 3 is 2.45 bits per heavy atom. The highest BCUT2D eigenvalue weighted by Gasteiger charge is 2.43. The number of benzene rings is 3. The Hall–Kier alpha value is -2.49. The molecule has 1 aliphatic heterocycles. The topological polar surface area (TPSA) is 52.7 Å². The first kappa shape index (κ1) is 23.7. The second kappa shape index (κ2) is 10.6. The zero-order valence-corrected chi connectivity index (χ0v) is 21.3. The maximum Gasteiger partial charge on any atom is 0.256 e. The number of carbonyl (C=O) groups is 2. The smallest absolute Gasteiger partial charge is 0.256 e. The first-order chi connectivity index (χ1) is 15.9. The number of halogens is 2. The normalized spacial score (nSPS) is 15.8. The van der Waals surface area contributed by atoms with Gasteiger partial charge in [-0.25, -0.2) is 0 Å². The van der Waals surface area contributed by atoms with E-state index >= 15 is 0 Å². The van der Waals surface area contributed by atoms with E-state index < -0.39 is 6.04 Å². The molecule has 0 spiro atoms. The number of hydrogen-bond acceptors (Lipinski definition) is 3. The molecule has 1 unspecified atom stereocenters. The summed E-state index contributed by atoms with van der Waals surface area (Å²) in [6, 6.07) is 23.8. The number of nitrogens with zero attached hydrogens (tertiary/aromatic N) is 2. The van der Waals surface area contributed by atoms with E-state index in [1.54, 1.807) is 24.3 Å². The molecule has 168 valence electrons. The lowest BCUT2D eigenvalue weighted by Crippen LogP contribution is -2.39. The van der Waals surface area contributed by atoms with E-state index in [1.165, 1.54) is 4.90 Å². The molecule has 0 radical (unpaired) electrons. The highest BCUT2D eigenvalue weighted by molar-refractivity contribution is 14.1. The summed E-state index contributed by atoms with van der Waals surface area (Å²) >= 11 is 14.1. The van der Waals surface area contributed by atoms with Crippen molar-refractivity contribution in [3.8, 4) is 0 Å². The van der Waals surface area contributed by atoms with E-state index in [9.17, 15) is 9.59 Å². The van der Waals surface area contributed by atoms with Crippen molar-refractivity contribution in [1.82, 2.24) is 4.90 Å². The lowest BCUT2D eigenvalue weighted by Gasteiger charge is -2.24.